The van der Waals surface area contributed by atoms with Crippen molar-refractivity contribution in [3.05, 3.63) is 47.9 Å². The molecule has 1 atom stereocenters. The van der Waals surface area contributed by atoms with Crippen LogP contribution in [0.15, 0.2) is 47.9 Å². The van der Waals surface area contributed by atoms with Crippen LogP contribution < -0.4 is 0 Å². The molecule has 0 saturated carbocycles. The van der Waals surface area contributed by atoms with E-state index >= 15 is 0 Å². The van der Waals surface area contributed by atoms with E-state index in [9.17, 15) is 0 Å². The van der Waals surface area contributed by atoms with Gasteiger partial charge in [0, 0.05) is 11.9 Å². The van der Waals surface area contributed by atoms with Crippen molar-refractivity contribution in [2.24, 2.45) is 0 Å². The van der Waals surface area contributed by atoms with Gasteiger partial charge in [-0.3, -0.25) is 0 Å². The normalized spacial score (nSPS) is 29.6. The largest absolute Gasteiger partial charge is 0.341 e. The Hall–Kier alpha value is -1.24. The van der Waals surface area contributed by atoms with E-state index in [2.05, 4.69) is 35.9 Å². The zero-order valence-corrected chi connectivity index (χ0v) is 8.37. The smallest absolute Gasteiger partial charge is 0.0558 e. The van der Waals surface area contributed by atoms with Crippen molar-refractivity contribution in [3.63, 3.8) is 0 Å². The van der Waals surface area contributed by atoms with Crippen molar-refractivity contribution in [2.75, 3.05) is 0 Å². The zero-order valence-electron chi connectivity index (χ0n) is 8.37. The van der Waals surface area contributed by atoms with E-state index < -0.39 is 0 Å². The fourth-order valence-corrected chi connectivity index (χ4v) is 2.75. The molecular weight excluding hydrogens is 170 g/mol. The molecule has 0 bridgehead atoms. The highest BCUT2D eigenvalue weighted by molar-refractivity contribution is 5.52. The average Bonchev–Trinajstić information content (AvgIpc) is 2.55. The van der Waals surface area contributed by atoms with E-state index in [4.69, 9.17) is 0 Å². The molecule has 72 valence electrons. The van der Waals surface area contributed by atoms with Crippen LogP contribution in [0.4, 0.5) is 0 Å². The first-order valence-electron chi connectivity index (χ1n) is 5.42. The van der Waals surface area contributed by atoms with Gasteiger partial charge in [0.05, 0.1) is 6.04 Å². The van der Waals surface area contributed by atoms with Gasteiger partial charge in [0.15, 0.2) is 0 Å². The highest BCUT2D eigenvalue weighted by Gasteiger charge is 2.33. The van der Waals surface area contributed by atoms with E-state index in [0.717, 1.165) is 0 Å². The summed E-state index contributed by atoms with van der Waals surface area (Å²) in [5, 5.41) is 0. The third kappa shape index (κ3) is 0.955. The summed E-state index contributed by atoms with van der Waals surface area (Å²) in [5.41, 5.74) is 4.24. The first kappa shape index (κ1) is 8.10. The number of nitrogens with zero attached hydrogens (tertiary/aromatic N) is 1. The molecule has 0 aromatic rings. The lowest BCUT2D eigenvalue weighted by Crippen LogP contribution is -2.28. The van der Waals surface area contributed by atoms with Gasteiger partial charge in [-0.1, -0.05) is 24.8 Å². The lowest BCUT2D eigenvalue weighted by molar-refractivity contribution is 0.369. The summed E-state index contributed by atoms with van der Waals surface area (Å²) < 4.78 is 0. The van der Waals surface area contributed by atoms with Gasteiger partial charge in [-0.05, 0) is 36.8 Å². The Morgan fingerprint density at radius 1 is 1.29 bits per heavy atom. The third-order valence-corrected chi connectivity index (χ3v) is 3.44. The summed E-state index contributed by atoms with van der Waals surface area (Å²) >= 11 is 0. The zero-order chi connectivity index (χ0) is 9.54. The van der Waals surface area contributed by atoms with Crippen LogP contribution in [-0.2, 0) is 0 Å². The molecule has 0 saturated heterocycles. The molecule has 0 amide bonds. The van der Waals surface area contributed by atoms with E-state index in [0.29, 0.717) is 6.04 Å². The van der Waals surface area contributed by atoms with Crippen molar-refractivity contribution >= 4 is 0 Å². The monoisotopic (exact) mass is 185 g/mol. The van der Waals surface area contributed by atoms with Gasteiger partial charge in [0.2, 0.25) is 0 Å². The predicted octanol–water partition coefficient (Wildman–Crippen LogP) is 3.14. The summed E-state index contributed by atoms with van der Waals surface area (Å²) in [6, 6.07) is 0.632. The minimum absolute atomic E-state index is 0.632. The molecule has 3 rings (SSSR count). The highest BCUT2D eigenvalue weighted by Crippen LogP contribution is 2.41. The fraction of sp³-hybridized carbons (Fsp3) is 0.385. The van der Waals surface area contributed by atoms with Crippen LogP contribution in [-0.4, -0.2) is 10.9 Å². The van der Waals surface area contributed by atoms with Crippen LogP contribution in [0.5, 0.6) is 0 Å². The predicted molar refractivity (Wildman–Crippen MR) is 58.5 cm³/mol. The van der Waals surface area contributed by atoms with Crippen molar-refractivity contribution in [3.8, 4) is 0 Å². The summed E-state index contributed by atoms with van der Waals surface area (Å²) in [6.45, 7) is 4.19. The van der Waals surface area contributed by atoms with Gasteiger partial charge in [0.25, 0.3) is 0 Å². The van der Waals surface area contributed by atoms with Gasteiger partial charge in [-0.2, -0.15) is 0 Å². The molecule has 0 radical (unpaired) electrons. The summed E-state index contributed by atoms with van der Waals surface area (Å²) in [6.07, 6.45) is 13.9. The summed E-state index contributed by atoms with van der Waals surface area (Å²) in [5.74, 6) is 0. The number of hydrogen-bond acceptors (Lipinski definition) is 1. The van der Waals surface area contributed by atoms with Crippen LogP contribution >= 0.6 is 0 Å². The minimum Gasteiger partial charge on any atom is -0.341 e. The molecule has 0 fully saturated rings. The summed E-state index contributed by atoms with van der Waals surface area (Å²) in [4.78, 5) is 2.35. The van der Waals surface area contributed by atoms with Crippen LogP contribution in [0.2, 0.25) is 0 Å². The van der Waals surface area contributed by atoms with E-state index in [1.165, 1.54) is 37.0 Å². The molecule has 0 aromatic heterocycles. The Morgan fingerprint density at radius 3 is 3.14 bits per heavy atom. The maximum Gasteiger partial charge on any atom is 0.0558 e. The number of allylic oxidation sites excluding steroid dienone is 3. The van der Waals surface area contributed by atoms with Gasteiger partial charge in [-0.15, -0.1) is 0 Å². The minimum atomic E-state index is 0.632. The van der Waals surface area contributed by atoms with E-state index in [1.54, 1.807) is 5.57 Å². The van der Waals surface area contributed by atoms with Crippen LogP contribution in [0.3, 0.4) is 0 Å². The second kappa shape index (κ2) is 2.88. The standard InChI is InChI=1S/C13H15N/c1-10-11-6-2-3-7-12(11)13-8-4-5-9-14(10)13/h2,5-6,9,13H,1,3-4,7-8H2. The molecule has 1 heteroatoms. The Morgan fingerprint density at radius 2 is 2.21 bits per heavy atom. The van der Waals surface area contributed by atoms with Crippen molar-refractivity contribution in [1.82, 2.24) is 4.90 Å². The van der Waals surface area contributed by atoms with E-state index in [-0.39, 0.29) is 0 Å². The lowest BCUT2D eigenvalue weighted by Gasteiger charge is -2.29. The Balaban J connectivity index is 2.06. The molecule has 14 heavy (non-hydrogen) atoms. The topological polar surface area (TPSA) is 3.24 Å². The van der Waals surface area contributed by atoms with Gasteiger partial charge in [0.1, 0.15) is 0 Å². The van der Waals surface area contributed by atoms with Crippen LogP contribution in [0.1, 0.15) is 25.7 Å². The first-order valence-corrected chi connectivity index (χ1v) is 5.42. The number of hydrogen-bond donors (Lipinski definition) is 0. The Labute approximate surface area is 85.1 Å². The van der Waals surface area contributed by atoms with Crippen LogP contribution in [0.25, 0.3) is 0 Å². The quantitative estimate of drug-likeness (QED) is 0.560. The van der Waals surface area contributed by atoms with Crippen molar-refractivity contribution < 1.29 is 0 Å². The molecule has 2 heterocycles. The third-order valence-electron chi connectivity index (χ3n) is 3.44. The fourth-order valence-electron chi connectivity index (χ4n) is 2.75. The van der Waals surface area contributed by atoms with Gasteiger partial charge >= 0.3 is 0 Å². The molecule has 3 aliphatic rings. The van der Waals surface area contributed by atoms with E-state index in [1.807, 2.05) is 0 Å². The molecule has 0 N–H and O–H groups in total. The van der Waals surface area contributed by atoms with Crippen molar-refractivity contribution in [2.45, 2.75) is 31.7 Å². The average molecular weight is 185 g/mol. The SMILES string of the molecule is C=C1C2=C(CCC=C2)C2CCC=CN12. The van der Waals surface area contributed by atoms with Gasteiger partial charge < -0.3 is 4.90 Å². The molecule has 0 aromatic carbocycles. The second-order valence-electron chi connectivity index (χ2n) is 4.21. The first-order chi connectivity index (χ1) is 6.88. The second-order valence-corrected chi connectivity index (χ2v) is 4.21. The molecule has 2 aliphatic heterocycles. The molecule has 0 spiro atoms. The molecular formula is C13H15N. The number of fused-ring (bicyclic) bond motifs is 2. The lowest BCUT2D eigenvalue weighted by atomic mass is 9.92. The van der Waals surface area contributed by atoms with Crippen LogP contribution in [0, 0.1) is 0 Å². The Bertz CT molecular complexity index is 371. The summed E-state index contributed by atoms with van der Waals surface area (Å²) in [7, 11) is 0. The van der Waals surface area contributed by atoms with Gasteiger partial charge in [-0.25, -0.2) is 0 Å². The number of rotatable bonds is 0. The maximum absolute atomic E-state index is 4.19. The highest BCUT2D eigenvalue weighted by atomic mass is 15.2. The van der Waals surface area contributed by atoms with Crippen molar-refractivity contribution in [1.29, 1.82) is 0 Å². The maximum atomic E-state index is 4.19. The Kier molecular flexibility index (Phi) is 1.66. The molecule has 1 nitrogen and oxygen atoms in total. The molecule has 1 unspecified atom stereocenters. The molecule has 1 aliphatic carbocycles.